The largest absolute Gasteiger partial charge is 0.495 e. The summed E-state index contributed by atoms with van der Waals surface area (Å²) in [5.41, 5.74) is 0.673. The van der Waals surface area contributed by atoms with Crippen molar-refractivity contribution in [3.05, 3.63) is 22.2 Å². The van der Waals surface area contributed by atoms with E-state index < -0.39 is 5.97 Å². The first kappa shape index (κ1) is 13.2. The highest BCUT2D eigenvalue weighted by molar-refractivity contribution is 9.10. The van der Waals surface area contributed by atoms with Gasteiger partial charge in [0.2, 0.25) is 0 Å². The zero-order valence-electron chi connectivity index (χ0n) is 10.3. The minimum absolute atomic E-state index is 0.141. The van der Waals surface area contributed by atoms with E-state index in [4.69, 9.17) is 14.6 Å². The highest BCUT2D eigenvalue weighted by atomic mass is 79.9. The van der Waals surface area contributed by atoms with Crippen molar-refractivity contribution in [1.82, 2.24) is 0 Å². The molecule has 1 aromatic carbocycles. The van der Waals surface area contributed by atoms with Gasteiger partial charge in [0.25, 0.3) is 0 Å². The minimum atomic E-state index is -0.776. The summed E-state index contributed by atoms with van der Waals surface area (Å²) >= 11 is 3.44. The number of halogens is 1. The molecule has 0 atom stereocenters. The maximum absolute atomic E-state index is 11.0. The SMILES string of the molecule is COc1ccc(C2(CC(=O)O)CC2)c(OC)c1Br. The van der Waals surface area contributed by atoms with E-state index in [-0.39, 0.29) is 11.8 Å². The van der Waals surface area contributed by atoms with Crippen LogP contribution in [0.25, 0.3) is 0 Å². The van der Waals surface area contributed by atoms with Crippen LogP contribution in [0.15, 0.2) is 16.6 Å². The Morgan fingerprint density at radius 1 is 1.39 bits per heavy atom. The lowest BCUT2D eigenvalue weighted by molar-refractivity contribution is -0.137. The molecule has 1 aliphatic rings. The van der Waals surface area contributed by atoms with Crippen LogP contribution in [0.1, 0.15) is 24.8 Å². The molecule has 1 aromatic rings. The molecule has 18 heavy (non-hydrogen) atoms. The van der Waals surface area contributed by atoms with Crippen molar-refractivity contribution in [3.8, 4) is 11.5 Å². The normalized spacial score (nSPS) is 16.2. The lowest BCUT2D eigenvalue weighted by atomic mass is 9.91. The number of hydrogen-bond donors (Lipinski definition) is 1. The molecule has 0 bridgehead atoms. The third-order valence-electron chi connectivity index (χ3n) is 3.40. The van der Waals surface area contributed by atoms with Crippen LogP contribution in [-0.4, -0.2) is 25.3 Å². The fourth-order valence-corrected chi connectivity index (χ4v) is 2.96. The molecule has 1 aliphatic carbocycles. The van der Waals surface area contributed by atoms with E-state index in [1.807, 2.05) is 12.1 Å². The second kappa shape index (κ2) is 4.80. The van der Waals surface area contributed by atoms with Crippen molar-refractivity contribution in [2.75, 3.05) is 14.2 Å². The topological polar surface area (TPSA) is 55.8 Å². The zero-order chi connectivity index (χ0) is 13.3. The van der Waals surface area contributed by atoms with E-state index >= 15 is 0 Å². The number of carboxylic acid groups (broad SMARTS) is 1. The fourth-order valence-electron chi connectivity index (χ4n) is 2.29. The summed E-state index contributed by atoms with van der Waals surface area (Å²) in [4.78, 5) is 11.0. The van der Waals surface area contributed by atoms with Gasteiger partial charge in [-0.1, -0.05) is 6.07 Å². The van der Waals surface area contributed by atoms with Gasteiger partial charge in [-0.3, -0.25) is 4.79 Å². The standard InChI is InChI=1S/C13H15BrO4/c1-17-9-4-3-8(12(18-2)11(9)14)13(5-6-13)7-10(15)16/h3-4H,5-7H2,1-2H3,(H,15,16). The van der Waals surface area contributed by atoms with Gasteiger partial charge in [-0.25, -0.2) is 0 Å². The van der Waals surface area contributed by atoms with Gasteiger partial charge in [-0.2, -0.15) is 0 Å². The molecule has 2 rings (SSSR count). The van der Waals surface area contributed by atoms with Gasteiger partial charge in [-0.05, 0) is 34.8 Å². The van der Waals surface area contributed by atoms with Gasteiger partial charge in [-0.15, -0.1) is 0 Å². The molecule has 0 spiro atoms. The van der Waals surface area contributed by atoms with Crippen molar-refractivity contribution in [2.45, 2.75) is 24.7 Å². The number of methoxy groups -OCH3 is 2. The number of ether oxygens (including phenoxy) is 2. The van der Waals surface area contributed by atoms with Gasteiger partial charge < -0.3 is 14.6 Å². The van der Waals surface area contributed by atoms with Crippen molar-refractivity contribution < 1.29 is 19.4 Å². The van der Waals surface area contributed by atoms with Crippen LogP contribution in [0.2, 0.25) is 0 Å². The number of carbonyl (C=O) groups is 1. The van der Waals surface area contributed by atoms with Crippen LogP contribution in [0.5, 0.6) is 11.5 Å². The molecule has 5 heteroatoms. The quantitative estimate of drug-likeness (QED) is 0.907. The zero-order valence-corrected chi connectivity index (χ0v) is 11.9. The maximum atomic E-state index is 11.0. The number of hydrogen-bond acceptors (Lipinski definition) is 3. The molecule has 0 aromatic heterocycles. The maximum Gasteiger partial charge on any atom is 0.304 e. The van der Waals surface area contributed by atoms with Crippen LogP contribution < -0.4 is 9.47 Å². The molecular weight excluding hydrogens is 300 g/mol. The fraction of sp³-hybridized carbons (Fsp3) is 0.462. The molecule has 1 fully saturated rings. The third-order valence-corrected chi connectivity index (χ3v) is 4.15. The van der Waals surface area contributed by atoms with Crippen LogP contribution in [-0.2, 0) is 10.2 Å². The summed E-state index contributed by atoms with van der Waals surface area (Å²) < 4.78 is 11.4. The lowest BCUT2D eigenvalue weighted by Crippen LogP contribution is -2.14. The molecule has 0 amide bonds. The second-order valence-electron chi connectivity index (χ2n) is 4.51. The molecule has 98 valence electrons. The first-order valence-electron chi connectivity index (χ1n) is 5.67. The van der Waals surface area contributed by atoms with Crippen LogP contribution in [0.4, 0.5) is 0 Å². The van der Waals surface area contributed by atoms with E-state index in [0.29, 0.717) is 11.5 Å². The van der Waals surface area contributed by atoms with Gasteiger partial charge in [0.05, 0.1) is 20.6 Å². The van der Waals surface area contributed by atoms with Crippen molar-refractivity contribution in [2.24, 2.45) is 0 Å². The van der Waals surface area contributed by atoms with Crippen LogP contribution >= 0.6 is 15.9 Å². The summed E-state index contributed by atoms with van der Waals surface area (Å²) in [6, 6.07) is 3.74. The first-order valence-corrected chi connectivity index (χ1v) is 6.46. The Morgan fingerprint density at radius 3 is 2.50 bits per heavy atom. The molecule has 0 unspecified atom stereocenters. The summed E-state index contributed by atoms with van der Waals surface area (Å²) in [5.74, 6) is 0.580. The average molecular weight is 315 g/mol. The van der Waals surface area contributed by atoms with E-state index in [1.165, 1.54) is 0 Å². The Bertz CT molecular complexity index is 480. The monoisotopic (exact) mass is 314 g/mol. The molecule has 0 radical (unpaired) electrons. The summed E-state index contributed by atoms with van der Waals surface area (Å²) in [7, 11) is 3.17. The van der Waals surface area contributed by atoms with Gasteiger partial charge in [0.15, 0.2) is 0 Å². The molecule has 0 saturated heterocycles. The Labute approximate surface area is 114 Å². The lowest BCUT2D eigenvalue weighted by Gasteiger charge is -2.19. The average Bonchev–Trinajstić information content (AvgIpc) is 3.08. The Kier molecular flexibility index (Phi) is 3.52. The summed E-state index contributed by atoms with van der Waals surface area (Å²) in [5, 5.41) is 9.01. The molecule has 4 nitrogen and oxygen atoms in total. The van der Waals surface area contributed by atoms with Crippen molar-refractivity contribution >= 4 is 21.9 Å². The van der Waals surface area contributed by atoms with E-state index in [0.717, 1.165) is 22.9 Å². The van der Waals surface area contributed by atoms with E-state index in [9.17, 15) is 4.79 Å². The highest BCUT2D eigenvalue weighted by Gasteiger charge is 2.48. The number of benzene rings is 1. The first-order chi connectivity index (χ1) is 8.54. The van der Waals surface area contributed by atoms with E-state index in [1.54, 1.807) is 14.2 Å². The predicted octanol–water partition coefficient (Wildman–Crippen LogP) is 2.97. The summed E-state index contributed by atoms with van der Waals surface area (Å²) in [6.07, 6.45) is 1.91. The Morgan fingerprint density at radius 2 is 2.06 bits per heavy atom. The molecule has 0 heterocycles. The third kappa shape index (κ3) is 2.19. The number of aliphatic carboxylic acids is 1. The smallest absolute Gasteiger partial charge is 0.304 e. The highest BCUT2D eigenvalue weighted by Crippen LogP contribution is 2.56. The van der Waals surface area contributed by atoms with Gasteiger partial charge >= 0.3 is 5.97 Å². The summed E-state index contributed by atoms with van der Waals surface area (Å²) in [6.45, 7) is 0. The van der Waals surface area contributed by atoms with Gasteiger partial charge in [0, 0.05) is 11.0 Å². The Hall–Kier alpha value is -1.23. The predicted molar refractivity (Wildman–Crippen MR) is 70.4 cm³/mol. The molecule has 0 aliphatic heterocycles. The van der Waals surface area contributed by atoms with Crippen molar-refractivity contribution in [1.29, 1.82) is 0 Å². The number of rotatable bonds is 5. The second-order valence-corrected chi connectivity index (χ2v) is 5.31. The molecule has 1 N–H and O–H groups in total. The van der Waals surface area contributed by atoms with Crippen molar-refractivity contribution in [3.63, 3.8) is 0 Å². The molecule has 1 saturated carbocycles. The van der Waals surface area contributed by atoms with Crippen LogP contribution in [0, 0.1) is 0 Å². The van der Waals surface area contributed by atoms with E-state index in [2.05, 4.69) is 15.9 Å². The molecular formula is C13H15BrO4. The Balaban J connectivity index is 2.45. The van der Waals surface area contributed by atoms with Gasteiger partial charge in [0.1, 0.15) is 16.0 Å². The number of carboxylic acids is 1. The van der Waals surface area contributed by atoms with Crippen LogP contribution in [0.3, 0.4) is 0 Å². The minimum Gasteiger partial charge on any atom is -0.495 e.